The first-order chi connectivity index (χ1) is 10.9. The molecule has 5 heteroatoms. The maximum Gasteiger partial charge on any atom is 0.344 e. The van der Waals surface area contributed by atoms with E-state index >= 15 is 0 Å². The van der Waals surface area contributed by atoms with E-state index in [9.17, 15) is 14.4 Å². The van der Waals surface area contributed by atoms with Crippen LogP contribution >= 0.6 is 0 Å². The van der Waals surface area contributed by atoms with E-state index in [4.69, 9.17) is 9.84 Å². The normalized spacial score (nSPS) is 20.1. The number of carbonyl (C=O) groups excluding carboxylic acids is 2. The molecular weight excluding hydrogens is 296 g/mol. The van der Waals surface area contributed by atoms with Crippen LogP contribution in [0.15, 0.2) is 24.3 Å². The number of benzene rings is 1. The second kappa shape index (κ2) is 7.40. The highest BCUT2D eigenvalue weighted by Gasteiger charge is 2.25. The molecule has 1 N–H and O–H groups in total. The monoisotopic (exact) mass is 318 g/mol. The van der Waals surface area contributed by atoms with Gasteiger partial charge in [-0.15, -0.1) is 0 Å². The van der Waals surface area contributed by atoms with Crippen LogP contribution in [0.5, 0.6) is 0 Å². The molecule has 0 aliphatic heterocycles. The number of rotatable bonds is 6. The molecule has 124 valence electrons. The maximum atomic E-state index is 11.9. The molecule has 1 fully saturated rings. The van der Waals surface area contributed by atoms with Crippen LogP contribution in [-0.4, -0.2) is 28.9 Å². The van der Waals surface area contributed by atoms with Gasteiger partial charge in [0.05, 0.1) is 5.92 Å². The summed E-state index contributed by atoms with van der Waals surface area (Å²) in [4.78, 5) is 34.4. The van der Waals surface area contributed by atoms with Crippen LogP contribution < -0.4 is 0 Å². The van der Waals surface area contributed by atoms with Crippen LogP contribution in [0.3, 0.4) is 0 Å². The molecule has 0 bridgehead atoms. The molecule has 1 aliphatic rings. The average Bonchev–Trinajstić information content (AvgIpc) is 2.92. The van der Waals surface area contributed by atoms with Gasteiger partial charge in [0.25, 0.3) is 0 Å². The summed E-state index contributed by atoms with van der Waals surface area (Å²) >= 11 is 0. The van der Waals surface area contributed by atoms with Crippen LogP contribution in [0.4, 0.5) is 0 Å². The molecule has 0 heterocycles. The van der Waals surface area contributed by atoms with Crippen molar-refractivity contribution in [1.29, 1.82) is 0 Å². The summed E-state index contributed by atoms with van der Waals surface area (Å²) in [6, 6.07) is 7.52. The highest BCUT2D eigenvalue weighted by Crippen LogP contribution is 2.26. The van der Waals surface area contributed by atoms with Gasteiger partial charge in [0.1, 0.15) is 5.78 Å². The van der Waals surface area contributed by atoms with Gasteiger partial charge in [-0.2, -0.15) is 0 Å². The highest BCUT2D eigenvalue weighted by molar-refractivity contribution is 5.83. The van der Waals surface area contributed by atoms with Crippen molar-refractivity contribution in [3.8, 4) is 0 Å². The molecule has 3 atom stereocenters. The Morgan fingerprint density at radius 2 is 1.91 bits per heavy atom. The smallest absolute Gasteiger partial charge is 0.344 e. The Morgan fingerprint density at radius 1 is 1.26 bits per heavy atom. The molecule has 5 nitrogen and oxygen atoms in total. The van der Waals surface area contributed by atoms with Gasteiger partial charge in [-0.1, -0.05) is 24.3 Å². The standard InChI is InChI=1S/C18H22O5/c1-11(18(22)23-12(2)17(20)21)14-8-6-13(7-9-14)10-15-4-3-5-16(15)19/h6-9,11-12,15H,3-5,10H2,1-2H3,(H,20,21). The Kier molecular flexibility index (Phi) is 5.53. The second-order valence-corrected chi connectivity index (χ2v) is 6.14. The van der Waals surface area contributed by atoms with Gasteiger partial charge in [-0.3, -0.25) is 9.59 Å². The van der Waals surface area contributed by atoms with Crippen LogP contribution in [0.2, 0.25) is 0 Å². The molecule has 1 aromatic rings. The summed E-state index contributed by atoms with van der Waals surface area (Å²) in [5.41, 5.74) is 1.85. The molecule has 0 saturated heterocycles. The molecule has 1 saturated carbocycles. The zero-order valence-corrected chi connectivity index (χ0v) is 13.5. The van der Waals surface area contributed by atoms with E-state index in [1.807, 2.05) is 24.3 Å². The minimum absolute atomic E-state index is 0.125. The topological polar surface area (TPSA) is 80.7 Å². The van der Waals surface area contributed by atoms with E-state index in [0.717, 1.165) is 30.4 Å². The van der Waals surface area contributed by atoms with Crippen LogP contribution in [0.1, 0.15) is 50.2 Å². The van der Waals surface area contributed by atoms with Gasteiger partial charge in [-0.05, 0) is 44.2 Å². The first-order valence-corrected chi connectivity index (χ1v) is 7.93. The Labute approximate surface area is 135 Å². The fourth-order valence-electron chi connectivity index (χ4n) is 2.79. The second-order valence-electron chi connectivity index (χ2n) is 6.14. The average molecular weight is 318 g/mol. The third-order valence-corrected chi connectivity index (χ3v) is 4.39. The minimum atomic E-state index is -1.16. The number of aliphatic carboxylic acids is 1. The lowest BCUT2D eigenvalue weighted by molar-refractivity contribution is -0.163. The van der Waals surface area contributed by atoms with Gasteiger partial charge in [0.2, 0.25) is 0 Å². The number of carbonyl (C=O) groups is 3. The lowest BCUT2D eigenvalue weighted by Crippen LogP contribution is -2.26. The van der Waals surface area contributed by atoms with Crippen molar-refractivity contribution in [2.24, 2.45) is 5.92 Å². The van der Waals surface area contributed by atoms with Crippen molar-refractivity contribution in [2.75, 3.05) is 0 Å². The van der Waals surface area contributed by atoms with Crippen molar-refractivity contribution in [2.45, 2.75) is 51.6 Å². The van der Waals surface area contributed by atoms with Gasteiger partial charge < -0.3 is 9.84 Å². The summed E-state index contributed by atoms with van der Waals surface area (Å²) in [5, 5.41) is 8.77. The molecule has 1 aliphatic carbocycles. The fraction of sp³-hybridized carbons (Fsp3) is 0.500. The van der Waals surface area contributed by atoms with Crippen molar-refractivity contribution in [1.82, 2.24) is 0 Å². The molecule has 0 aromatic heterocycles. The van der Waals surface area contributed by atoms with Crippen molar-refractivity contribution in [3.05, 3.63) is 35.4 Å². The number of Topliss-reactive ketones (excluding diaryl/α,β-unsaturated/α-hetero) is 1. The zero-order chi connectivity index (χ0) is 17.0. The predicted molar refractivity (Wildman–Crippen MR) is 84.1 cm³/mol. The van der Waals surface area contributed by atoms with Crippen LogP contribution in [0.25, 0.3) is 0 Å². The summed E-state index contributed by atoms with van der Waals surface area (Å²) in [6.07, 6.45) is 2.21. The zero-order valence-electron chi connectivity index (χ0n) is 13.5. The Hall–Kier alpha value is -2.17. The summed E-state index contributed by atoms with van der Waals surface area (Å²) in [7, 11) is 0. The van der Waals surface area contributed by atoms with E-state index in [2.05, 4.69) is 0 Å². The van der Waals surface area contributed by atoms with E-state index in [1.165, 1.54) is 6.92 Å². The summed E-state index contributed by atoms with van der Waals surface area (Å²) in [5.74, 6) is -1.78. The van der Waals surface area contributed by atoms with Crippen LogP contribution in [0, 0.1) is 5.92 Å². The van der Waals surface area contributed by atoms with Gasteiger partial charge >= 0.3 is 11.9 Å². The Morgan fingerprint density at radius 3 is 2.43 bits per heavy atom. The predicted octanol–water partition coefficient (Wildman–Crippen LogP) is 2.72. The lowest BCUT2D eigenvalue weighted by atomic mass is 9.94. The molecule has 2 rings (SSSR count). The van der Waals surface area contributed by atoms with E-state index in [1.54, 1.807) is 6.92 Å². The fourth-order valence-corrected chi connectivity index (χ4v) is 2.79. The van der Waals surface area contributed by atoms with Crippen molar-refractivity contribution < 1.29 is 24.2 Å². The maximum absolute atomic E-state index is 11.9. The number of hydrogen-bond acceptors (Lipinski definition) is 4. The first kappa shape index (κ1) is 17.2. The number of carboxylic acids is 1. The van der Waals surface area contributed by atoms with Gasteiger partial charge in [0, 0.05) is 12.3 Å². The third kappa shape index (κ3) is 4.41. The van der Waals surface area contributed by atoms with E-state index < -0.39 is 24.0 Å². The molecule has 23 heavy (non-hydrogen) atoms. The number of esters is 1. The number of hydrogen-bond donors (Lipinski definition) is 1. The number of carboxylic acid groups (broad SMARTS) is 1. The quantitative estimate of drug-likeness (QED) is 0.816. The largest absolute Gasteiger partial charge is 0.479 e. The highest BCUT2D eigenvalue weighted by atomic mass is 16.6. The summed E-state index contributed by atoms with van der Waals surface area (Å²) < 4.78 is 4.90. The van der Waals surface area contributed by atoms with E-state index in [-0.39, 0.29) is 5.92 Å². The Balaban J connectivity index is 1.96. The molecule has 0 amide bonds. The van der Waals surface area contributed by atoms with Crippen molar-refractivity contribution in [3.63, 3.8) is 0 Å². The first-order valence-electron chi connectivity index (χ1n) is 7.93. The number of ether oxygens (including phenoxy) is 1. The third-order valence-electron chi connectivity index (χ3n) is 4.39. The molecular formula is C18H22O5. The molecule has 0 spiro atoms. The SMILES string of the molecule is CC(OC(=O)C(C)c1ccc(CC2CCCC2=O)cc1)C(=O)O. The minimum Gasteiger partial charge on any atom is -0.479 e. The lowest BCUT2D eigenvalue weighted by Gasteiger charge is -2.15. The Bertz CT molecular complexity index is 590. The van der Waals surface area contributed by atoms with Gasteiger partial charge in [0.15, 0.2) is 6.10 Å². The number of ketones is 1. The van der Waals surface area contributed by atoms with Crippen molar-refractivity contribution >= 4 is 17.7 Å². The molecule has 0 radical (unpaired) electrons. The molecule has 3 unspecified atom stereocenters. The van der Waals surface area contributed by atoms with Gasteiger partial charge in [-0.25, -0.2) is 4.79 Å². The molecule has 1 aromatic carbocycles. The van der Waals surface area contributed by atoms with Crippen LogP contribution in [-0.2, 0) is 25.5 Å². The summed E-state index contributed by atoms with van der Waals surface area (Å²) in [6.45, 7) is 3.01. The van der Waals surface area contributed by atoms with E-state index in [0.29, 0.717) is 12.2 Å².